The zero-order valence-electron chi connectivity index (χ0n) is 24.0. The van der Waals surface area contributed by atoms with Gasteiger partial charge in [-0.15, -0.1) is 0 Å². The standard InChI is InChI=1S/C30H44N4O4/c1-29(2,3)37-27(35)33-18-10-11-24(20-33)26-25(21-34(31-26)28(36)38-30(4,5)6)23-14-12-22(13-15-23)19-32-16-8-7-9-17-32/h12-15,21,24H,7-11,16-20H2,1-6H3. The van der Waals surface area contributed by atoms with Gasteiger partial charge in [-0.2, -0.15) is 9.78 Å². The van der Waals surface area contributed by atoms with Gasteiger partial charge >= 0.3 is 12.2 Å². The molecule has 0 saturated carbocycles. The molecule has 8 nitrogen and oxygen atoms in total. The van der Waals surface area contributed by atoms with Gasteiger partial charge in [0.25, 0.3) is 0 Å². The number of hydrogen-bond donors (Lipinski definition) is 0. The van der Waals surface area contributed by atoms with Gasteiger partial charge in [0.15, 0.2) is 0 Å². The van der Waals surface area contributed by atoms with Gasteiger partial charge in [-0.05, 0) is 91.4 Å². The smallest absolute Gasteiger partial charge is 0.435 e. The molecule has 2 saturated heterocycles. The normalized spacial score (nSPS) is 19.3. The molecule has 2 aliphatic rings. The third kappa shape index (κ3) is 7.59. The molecule has 1 aromatic carbocycles. The van der Waals surface area contributed by atoms with Crippen LogP contribution in [0.3, 0.4) is 0 Å². The van der Waals surface area contributed by atoms with E-state index in [1.54, 1.807) is 11.1 Å². The number of ether oxygens (including phenoxy) is 2. The molecule has 4 rings (SSSR count). The van der Waals surface area contributed by atoms with Crippen molar-refractivity contribution in [3.8, 4) is 11.1 Å². The Hall–Kier alpha value is -2.87. The van der Waals surface area contributed by atoms with Gasteiger partial charge in [-0.3, -0.25) is 4.90 Å². The predicted molar refractivity (Wildman–Crippen MR) is 148 cm³/mol. The monoisotopic (exact) mass is 524 g/mol. The van der Waals surface area contributed by atoms with E-state index in [-0.39, 0.29) is 12.0 Å². The fourth-order valence-electron chi connectivity index (χ4n) is 5.17. The summed E-state index contributed by atoms with van der Waals surface area (Å²) in [6, 6.07) is 8.58. The maximum atomic E-state index is 12.9. The van der Waals surface area contributed by atoms with Crippen LogP contribution in [0.25, 0.3) is 11.1 Å². The van der Waals surface area contributed by atoms with E-state index in [9.17, 15) is 9.59 Å². The molecule has 1 aromatic heterocycles. The molecule has 208 valence electrons. The van der Waals surface area contributed by atoms with Gasteiger partial charge in [0.2, 0.25) is 0 Å². The Bertz CT molecular complexity index is 1100. The molecule has 3 heterocycles. The summed E-state index contributed by atoms with van der Waals surface area (Å²) in [5.41, 5.74) is 2.82. The summed E-state index contributed by atoms with van der Waals surface area (Å²) in [6.45, 7) is 15.6. The van der Waals surface area contributed by atoms with E-state index in [4.69, 9.17) is 14.6 Å². The minimum Gasteiger partial charge on any atom is -0.444 e. The maximum absolute atomic E-state index is 12.9. The van der Waals surface area contributed by atoms with Crippen molar-refractivity contribution in [2.45, 2.75) is 97.3 Å². The molecule has 0 N–H and O–H groups in total. The Morgan fingerprint density at radius 2 is 1.50 bits per heavy atom. The van der Waals surface area contributed by atoms with Crippen molar-refractivity contribution in [1.82, 2.24) is 19.6 Å². The highest BCUT2D eigenvalue weighted by Crippen LogP contribution is 2.35. The number of carbonyl (C=O) groups excluding carboxylic acids is 2. The molecular formula is C30H44N4O4. The second-order valence-electron chi connectivity index (χ2n) is 12.7. The lowest BCUT2D eigenvalue weighted by molar-refractivity contribution is 0.0196. The summed E-state index contributed by atoms with van der Waals surface area (Å²) in [6.07, 6.45) is 6.55. The summed E-state index contributed by atoms with van der Waals surface area (Å²) in [5.74, 6) is -0.0111. The first-order valence-electron chi connectivity index (χ1n) is 14.0. The van der Waals surface area contributed by atoms with E-state index in [0.29, 0.717) is 13.1 Å². The van der Waals surface area contributed by atoms with Gasteiger partial charge in [0.1, 0.15) is 11.2 Å². The predicted octanol–water partition coefficient (Wildman–Crippen LogP) is 6.43. The summed E-state index contributed by atoms with van der Waals surface area (Å²) in [5, 5.41) is 4.73. The van der Waals surface area contributed by atoms with E-state index < -0.39 is 17.3 Å². The number of carbonyl (C=O) groups is 2. The molecule has 2 aromatic rings. The zero-order valence-corrected chi connectivity index (χ0v) is 24.0. The summed E-state index contributed by atoms with van der Waals surface area (Å²) >= 11 is 0. The molecular weight excluding hydrogens is 480 g/mol. The van der Waals surface area contributed by atoms with Crippen molar-refractivity contribution in [3.05, 3.63) is 41.7 Å². The van der Waals surface area contributed by atoms with Crippen molar-refractivity contribution >= 4 is 12.2 Å². The Kier molecular flexibility index (Phi) is 8.50. The van der Waals surface area contributed by atoms with Gasteiger partial charge in [-0.25, -0.2) is 9.59 Å². The van der Waals surface area contributed by atoms with Gasteiger partial charge in [0, 0.05) is 37.3 Å². The lowest BCUT2D eigenvalue weighted by Crippen LogP contribution is -2.42. The van der Waals surface area contributed by atoms with Crippen LogP contribution in [0.4, 0.5) is 9.59 Å². The zero-order chi connectivity index (χ0) is 27.5. The molecule has 1 amide bonds. The number of hydrogen-bond acceptors (Lipinski definition) is 6. The maximum Gasteiger partial charge on any atom is 0.435 e. The van der Waals surface area contributed by atoms with Gasteiger partial charge in [-0.1, -0.05) is 30.7 Å². The molecule has 1 atom stereocenters. The summed E-state index contributed by atoms with van der Waals surface area (Å²) in [7, 11) is 0. The first kappa shape index (κ1) is 28.1. The van der Waals surface area contributed by atoms with Crippen LogP contribution in [0.2, 0.25) is 0 Å². The minimum absolute atomic E-state index is 0.0111. The van der Waals surface area contributed by atoms with Crippen molar-refractivity contribution in [2.75, 3.05) is 26.2 Å². The average Bonchev–Trinajstić information content (AvgIpc) is 3.29. The largest absolute Gasteiger partial charge is 0.444 e. The van der Waals surface area contributed by atoms with E-state index in [1.165, 1.54) is 29.5 Å². The van der Waals surface area contributed by atoms with Crippen molar-refractivity contribution in [2.24, 2.45) is 0 Å². The summed E-state index contributed by atoms with van der Waals surface area (Å²) < 4.78 is 12.5. The molecule has 2 aliphatic heterocycles. The van der Waals surface area contributed by atoms with Crippen molar-refractivity contribution < 1.29 is 19.1 Å². The lowest BCUT2D eigenvalue weighted by Gasteiger charge is -2.33. The van der Waals surface area contributed by atoms with Gasteiger partial charge in [0.05, 0.1) is 5.69 Å². The molecule has 0 spiro atoms. The van der Waals surface area contributed by atoms with E-state index in [2.05, 4.69) is 29.2 Å². The minimum atomic E-state index is -0.627. The number of piperidine rings is 2. The third-order valence-electron chi connectivity index (χ3n) is 6.90. The molecule has 2 fully saturated rings. The number of likely N-dealkylation sites (tertiary alicyclic amines) is 2. The van der Waals surface area contributed by atoms with Crippen LogP contribution in [0.15, 0.2) is 30.5 Å². The van der Waals surface area contributed by atoms with Crippen molar-refractivity contribution in [3.63, 3.8) is 0 Å². The molecule has 1 unspecified atom stereocenters. The quantitative estimate of drug-likeness (QED) is 0.458. The topological polar surface area (TPSA) is 76.9 Å². The van der Waals surface area contributed by atoms with Crippen LogP contribution >= 0.6 is 0 Å². The second kappa shape index (κ2) is 11.5. The summed E-state index contributed by atoms with van der Waals surface area (Å²) in [4.78, 5) is 30.0. The van der Waals surface area contributed by atoms with Crippen LogP contribution in [-0.4, -0.2) is 69.1 Å². The Morgan fingerprint density at radius 1 is 0.868 bits per heavy atom. The number of rotatable bonds is 4. The van der Waals surface area contributed by atoms with Crippen molar-refractivity contribution in [1.29, 1.82) is 0 Å². The fourth-order valence-corrected chi connectivity index (χ4v) is 5.17. The lowest BCUT2D eigenvalue weighted by atomic mass is 9.90. The Morgan fingerprint density at radius 3 is 2.13 bits per heavy atom. The number of nitrogens with zero attached hydrogens (tertiary/aromatic N) is 4. The number of amides is 1. The Labute approximate surface area is 227 Å². The van der Waals surface area contributed by atoms with Crippen LogP contribution in [0.5, 0.6) is 0 Å². The number of benzene rings is 1. The van der Waals surface area contributed by atoms with Crippen LogP contribution < -0.4 is 0 Å². The van der Waals surface area contributed by atoms with E-state index >= 15 is 0 Å². The highest BCUT2D eigenvalue weighted by molar-refractivity contribution is 5.75. The first-order chi connectivity index (χ1) is 17.9. The second-order valence-corrected chi connectivity index (χ2v) is 12.7. The molecule has 38 heavy (non-hydrogen) atoms. The van der Waals surface area contributed by atoms with Crippen LogP contribution in [0.1, 0.15) is 90.8 Å². The average molecular weight is 525 g/mol. The number of aromatic nitrogens is 2. The van der Waals surface area contributed by atoms with E-state index in [0.717, 1.165) is 49.3 Å². The van der Waals surface area contributed by atoms with Gasteiger partial charge < -0.3 is 14.4 Å². The highest BCUT2D eigenvalue weighted by atomic mass is 16.6. The first-order valence-corrected chi connectivity index (χ1v) is 14.0. The molecule has 0 radical (unpaired) electrons. The molecule has 0 aliphatic carbocycles. The third-order valence-corrected chi connectivity index (χ3v) is 6.90. The highest BCUT2D eigenvalue weighted by Gasteiger charge is 2.32. The SMILES string of the molecule is CC(C)(C)OC(=O)N1CCCC(c2nn(C(=O)OC(C)(C)C)cc2-c2ccc(CN3CCCCC3)cc2)C1. The van der Waals surface area contributed by atoms with Crippen LogP contribution in [-0.2, 0) is 16.0 Å². The van der Waals surface area contributed by atoms with Crippen LogP contribution in [0, 0.1) is 0 Å². The van der Waals surface area contributed by atoms with E-state index in [1.807, 2.05) is 41.5 Å². The molecule has 8 heteroatoms. The fraction of sp³-hybridized carbons (Fsp3) is 0.633. The molecule has 0 bridgehead atoms. The Balaban J connectivity index is 1.60.